The average molecular weight is 370 g/mol. The van der Waals surface area contributed by atoms with E-state index in [1.807, 2.05) is 0 Å². The summed E-state index contributed by atoms with van der Waals surface area (Å²) in [5, 5.41) is 6.09. The predicted octanol–water partition coefficient (Wildman–Crippen LogP) is 6.04. The molecule has 0 aliphatic carbocycles. The summed E-state index contributed by atoms with van der Waals surface area (Å²) < 4.78 is 6.19. The van der Waals surface area contributed by atoms with Gasteiger partial charge in [-0.1, -0.05) is 73.5 Å². The van der Waals surface area contributed by atoms with Crippen molar-refractivity contribution in [1.29, 1.82) is 0 Å². The first kappa shape index (κ1) is 20.3. The van der Waals surface area contributed by atoms with Crippen LogP contribution in [0.5, 0.6) is 5.75 Å². The molecule has 0 spiro atoms. The van der Waals surface area contributed by atoms with E-state index in [0.717, 1.165) is 18.8 Å². The molecule has 0 amide bonds. The van der Waals surface area contributed by atoms with Crippen molar-refractivity contribution in [3.63, 3.8) is 0 Å². The van der Waals surface area contributed by atoms with Crippen LogP contribution in [0, 0.1) is 6.92 Å². The number of hydrogen-bond acceptors (Lipinski definition) is 2. The highest BCUT2D eigenvalue weighted by molar-refractivity contribution is 5.87. The van der Waals surface area contributed by atoms with Gasteiger partial charge in [0, 0.05) is 12.1 Å². The molecule has 0 aliphatic heterocycles. The molecule has 0 fully saturated rings. The van der Waals surface area contributed by atoms with Crippen LogP contribution in [0.25, 0.3) is 10.8 Å². The molecule has 0 bridgehead atoms. The summed E-state index contributed by atoms with van der Waals surface area (Å²) in [4.78, 5) is 0. The lowest BCUT2D eigenvalue weighted by atomic mass is 10.0. The van der Waals surface area contributed by atoms with E-state index in [2.05, 4.69) is 79.8 Å². The van der Waals surface area contributed by atoms with Gasteiger partial charge in [0.2, 0.25) is 0 Å². The third-order valence-electron chi connectivity index (χ3n) is 4.52. The second-order valence-corrected chi connectivity index (χ2v) is 6.57. The van der Waals surface area contributed by atoms with Crippen molar-refractivity contribution in [2.75, 3.05) is 6.54 Å². The van der Waals surface area contributed by atoms with Crippen LogP contribution in [-0.2, 0) is 13.2 Å². The Morgan fingerprint density at radius 3 is 2.46 bits per heavy atom. The highest BCUT2D eigenvalue weighted by Gasteiger charge is 2.09. The summed E-state index contributed by atoms with van der Waals surface area (Å²) in [5.41, 5.74) is 3.72. The van der Waals surface area contributed by atoms with Crippen LogP contribution in [0.2, 0.25) is 0 Å². The zero-order valence-electron chi connectivity index (χ0n) is 15.6. The van der Waals surface area contributed by atoms with Crippen LogP contribution in [0.15, 0.2) is 60.7 Å². The number of rotatable bonds is 8. The van der Waals surface area contributed by atoms with E-state index >= 15 is 0 Å². The fraction of sp³-hybridized carbons (Fsp3) is 0.304. The molecule has 3 aromatic rings. The number of aryl methyl sites for hydroxylation is 1. The molecule has 0 aromatic heterocycles. The lowest BCUT2D eigenvalue weighted by Crippen LogP contribution is -2.15. The molecule has 1 N–H and O–H groups in total. The lowest BCUT2D eigenvalue weighted by Gasteiger charge is -2.15. The molecule has 0 unspecified atom stereocenters. The lowest BCUT2D eigenvalue weighted by molar-refractivity contribution is 0.302. The first-order chi connectivity index (χ1) is 12.3. The van der Waals surface area contributed by atoms with Crippen molar-refractivity contribution in [2.45, 2.75) is 39.8 Å². The van der Waals surface area contributed by atoms with Gasteiger partial charge in [0.1, 0.15) is 12.4 Å². The van der Waals surface area contributed by atoms with Gasteiger partial charge in [-0.3, -0.25) is 0 Å². The molecule has 0 aliphatic rings. The number of fused-ring (bicyclic) bond motifs is 1. The van der Waals surface area contributed by atoms with E-state index in [9.17, 15) is 0 Å². The Bertz CT molecular complexity index is 814. The summed E-state index contributed by atoms with van der Waals surface area (Å²) in [6, 6.07) is 21.3. The van der Waals surface area contributed by atoms with E-state index in [1.54, 1.807) is 0 Å². The molecule has 0 radical (unpaired) electrons. The maximum Gasteiger partial charge on any atom is 0.124 e. The summed E-state index contributed by atoms with van der Waals surface area (Å²) in [5.74, 6) is 0.975. The van der Waals surface area contributed by atoms with Gasteiger partial charge in [-0.05, 0) is 42.3 Å². The van der Waals surface area contributed by atoms with E-state index in [4.69, 9.17) is 4.74 Å². The quantitative estimate of drug-likeness (QED) is 0.489. The summed E-state index contributed by atoms with van der Waals surface area (Å²) in [7, 11) is 0. The molecular formula is C23H28ClNO. The second kappa shape index (κ2) is 10.2. The molecular weight excluding hydrogens is 342 g/mol. The summed E-state index contributed by atoms with van der Waals surface area (Å²) in [6.07, 6.45) is 2.41. The first-order valence-corrected chi connectivity index (χ1v) is 9.17. The number of unbranched alkanes of at least 4 members (excludes halogenated alkanes) is 1. The Morgan fingerprint density at radius 1 is 0.923 bits per heavy atom. The smallest absolute Gasteiger partial charge is 0.124 e. The van der Waals surface area contributed by atoms with Crippen molar-refractivity contribution in [3.8, 4) is 5.75 Å². The normalized spacial score (nSPS) is 10.5. The fourth-order valence-electron chi connectivity index (χ4n) is 2.99. The van der Waals surface area contributed by atoms with Crippen molar-refractivity contribution in [3.05, 3.63) is 77.4 Å². The molecule has 26 heavy (non-hydrogen) atoms. The topological polar surface area (TPSA) is 21.3 Å². The molecule has 0 atom stereocenters. The van der Waals surface area contributed by atoms with E-state index in [-0.39, 0.29) is 12.4 Å². The minimum atomic E-state index is 0. The second-order valence-electron chi connectivity index (χ2n) is 6.57. The first-order valence-electron chi connectivity index (χ1n) is 9.17. The van der Waals surface area contributed by atoms with Gasteiger partial charge in [-0.25, -0.2) is 0 Å². The molecule has 2 nitrogen and oxygen atoms in total. The summed E-state index contributed by atoms with van der Waals surface area (Å²) >= 11 is 0. The Labute approximate surface area is 163 Å². The Kier molecular flexibility index (Phi) is 7.96. The van der Waals surface area contributed by atoms with Gasteiger partial charge in [0.05, 0.1) is 0 Å². The standard InChI is InChI=1S/C23H27NO.ClH/c1-3-4-15-24-16-22-21-8-6-5-7-20(21)13-14-23(22)25-17-19-11-9-18(2)10-12-19;/h5-14,24H,3-4,15-17H2,1-2H3;1H. The molecule has 3 aromatic carbocycles. The van der Waals surface area contributed by atoms with Crippen molar-refractivity contribution < 1.29 is 4.74 Å². The van der Waals surface area contributed by atoms with Gasteiger partial charge in [-0.2, -0.15) is 0 Å². The van der Waals surface area contributed by atoms with Gasteiger partial charge >= 0.3 is 0 Å². The van der Waals surface area contributed by atoms with Crippen LogP contribution in [-0.4, -0.2) is 6.54 Å². The van der Waals surface area contributed by atoms with Gasteiger partial charge in [0.25, 0.3) is 0 Å². The maximum atomic E-state index is 6.19. The SMILES string of the molecule is CCCCNCc1c(OCc2ccc(C)cc2)ccc2ccccc12.Cl. The molecule has 3 heteroatoms. The highest BCUT2D eigenvalue weighted by Crippen LogP contribution is 2.28. The monoisotopic (exact) mass is 369 g/mol. The Morgan fingerprint density at radius 2 is 1.69 bits per heavy atom. The number of nitrogens with one attached hydrogen (secondary N) is 1. The minimum Gasteiger partial charge on any atom is -0.489 e. The van der Waals surface area contributed by atoms with E-state index < -0.39 is 0 Å². The Balaban J connectivity index is 0.00000243. The van der Waals surface area contributed by atoms with Crippen LogP contribution in [0.1, 0.15) is 36.5 Å². The third kappa shape index (κ3) is 5.23. The van der Waals surface area contributed by atoms with Gasteiger partial charge < -0.3 is 10.1 Å². The average Bonchev–Trinajstić information content (AvgIpc) is 2.65. The molecule has 3 rings (SSSR count). The maximum absolute atomic E-state index is 6.19. The van der Waals surface area contributed by atoms with Crippen molar-refractivity contribution >= 4 is 23.2 Å². The largest absolute Gasteiger partial charge is 0.489 e. The number of hydrogen-bond donors (Lipinski definition) is 1. The highest BCUT2D eigenvalue weighted by atomic mass is 35.5. The number of benzene rings is 3. The van der Waals surface area contributed by atoms with Crippen LogP contribution < -0.4 is 10.1 Å². The van der Waals surface area contributed by atoms with Crippen molar-refractivity contribution in [1.82, 2.24) is 5.32 Å². The third-order valence-corrected chi connectivity index (χ3v) is 4.52. The number of halogens is 1. The van der Waals surface area contributed by atoms with Crippen LogP contribution >= 0.6 is 12.4 Å². The van der Waals surface area contributed by atoms with Gasteiger partial charge in [0.15, 0.2) is 0 Å². The fourth-order valence-corrected chi connectivity index (χ4v) is 2.99. The van der Waals surface area contributed by atoms with E-state index in [1.165, 1.54) is 40.3 Å². The van der Waals surface area contributed by atoms with Gasteiger partial charge in [-0.15, -0.1) is 12.4 Å². The van der Waals surface area contributed by atoms with E-state index in [0.29, 0.717) is 6.61 Å². The minimum absolute atomic E-state index is 0. The predicted molar refractivity (Wildman–Crippen MR) is 113 cm³/mol. The van der Waals surface area contributed by atoms with Crippen LogP contribution in [0.4, 0.5) is 0 Å². The molecule has 0 saturated heterocycles. The van der Waals surface area contributed by atoms with Crippen LogP contribution in [0.3, 0.4) is 0 Å². The molecule has 0 heterocycles. The summed E-state index contributed by atoms with van der Waals surface area (Å²) in [6.45, 7) is 6.80. The molecule has 0 saturated carbocycles. The zero-order valence-corrected chi connectivity index (χ0v) is 16.4. The number of ether oxygens (including phenoxy) is 1. The molecule has 138 valence electrons. The Hall–Kier alpha value is -2.03. The van der Waals surface area contributed by atoms with Crippen molar-refractivity contribution in [2.24, 2.45) is 0 Å². The zero-order chi connectivity index (χ0) is 17.5.